The Hall–Kier alpha value is -1.99. The Morgan fingerprint density at radius 2 is 2.24 bits per heavy atom. The second kappa shape index (κ2) is 6.64. The summed E-state index contributed by atoms with van der Waals surface area (Å²) >= 11 is 1.50. The van der Waals surface area contributed by atoms with Gasteiger partial charge in [0.15, 0.2) is 5.69 Å². The lowest BCUT2D eigenvalue weighted by Crippen LogP contribution is -2.16. The molecule has 2 rings (SSSR count). The van der Waals surface area contributed by atoms with Gasteiger partial charge in [-0.1, -0.05) is 13.8 Å². The minimum absolute atomic E-state index is 0.0496. The third-order valence-electron chi connectivity index (χ3n) is 2.94. The van der Waals surface area contributed by atoms with Crippen molar-refractivity contribution in [2.45, 2.75) is 25.9 Å². The second-order valence-corrected chi connectivity index (χ2v) is 5.68. The predicted molar refractivity (Wildman–Crippen MR) is 80.8 cm³/mol. The van der Waals surface area contributed by atoms with Gasteiger partial charge in [-0.05, 0) is 22.4 Å². The lowest BCUT2D eigenvalue weighted by Gasteiger charge is -2.14. The summed E-state index contributed by atoms with van der Waals surface area (Å²) < 4.78 is 0. The molecule has 0 aliphatic rings. The summed E-state index contributed by atoms with van der Waals surface area (Å²) in [4.78, 5) is 19.5. The van der Waals surface area contributed by atoms with E-state index in [1.807, 2.05) is 30.7 Å². The average molecular weight is 307 g/mol. The van der Waals surface area contributed by atoms with E-state index in [2.05, 4.69) is 15.3 Å². The summed E-state index contributed by atoms with van der Waals surface area (Å²) in [6, 6.07) is 1.83. The molecule has 2 aromatic rings. The summed E-state index contributed by atoms with van der Waals surface area (Å²) in [5.74, 6) is -0.586. The summed E-state index contributed by atoms with van der Waals surface area (Å²) in [6.07, 6.45) is 0.745. The molecule has 2 aromatic heterocycles. The van der Waals surface area contributed by atoms with Crippen molar-refractivity contribution in [2.75, 3.05) is 11.9 Å². The van der Waals surface area contributed by atoms with Crippen LogP contribution in [0.2, 0.25) is 0 Å². The van der Waals surface area contributed by atoms with E-state index in [4.69, 9.17) is 0 Å². The number of aliphatic hydroxyl groups is 1. The maximum atomic E-state index is 11.3. The van der Waals surface area contributed by atoms with Crippen molar-refractivity contribution < 1.29 is 15.0 Å². The van der Waals surface area contributed by atoms with Crippen LogP contribution in [0.5, 0.6) is 0 Å². The van der Waals surface area contributed by atoms with Crippen molar-refractivity contribution in [3.05, 3.63) is 40.1 Å². The van der Waals surface area contributed by atoms with Crippen molar-refractivity contribution in [1.82, 2.24) is 9.97 Å². The molecule has 6 nitrogen and oxygen atoms in total. The molecular weight excluding hydrogens is 290 g/mol. The molecule has 21 heavy (non-hydrogen) atoms. The molecule has 2 heterocycles. The maximum Gasteiger partial charge on any atom is 0.356 e. The molecular formula is C14H17N3O3S. The molecule has 0 fully saturated rings. The fourth-order valence-corrected chi connectivity index (χ4v) is 2.46. The number of aromatic carboxylic acids is 1. The van der Waals surface area contributed by atoms with Gasteiger partial charge in [0.1, 0.15) is 5.82 Å². The molecule has 0 bridgehead atoms. The van der Waals surface area contributed by atoms with Crippen LogP contribution in [0.15, 0.2) is 23.0 Å². The molecule has 0 spiro atoms. The number of hydrogen-bond donors (Lipinski definition) is 3. The average Bonchev–Trinajstić information content (AvgIpc) is 2.98. The highest BCUT2D eigenvalue weighted by molar-refractivity contribution is 7.07. The van der Waals surface area contributed by atoms with Crippen LogP contribution >= 0.6 is 11.3 Å². The highest BCUT2D eigenvalue weighted by Gasteiger charge is 2.16. The van der Waals surface area contributed by atoms with Gasteiger partial charge in [-0.3, -0.25) is 0 Å². The van der Waals surface area contributed by atoms with Gasteiger partial charge in [0, 0.05) is 12.5 Å². The second-order valence-electron chi connectivity index (χ2n) is 4.90. The van der Waals surface area contributed by atoms with Crippen LogP contribution < -0.4 is 5.32 Å². The Bertz CT molecular complexity index is 614. The van der Waals surface area contributed by atoms with Crippen LogP contribution in [0.1, 0.15) is 47.7 Å². The van der Waals surface area contributed by atoms with Gasteiger partial charge in [-0.2, -0.15) is 11.3 Å². The van der Waals surface area contributed by atoms with Crippen molar-refractivity contribution >= 4 is 23.0 Å². The molecule has 0 aromatic carbocycles. The molecule has 0 aliphatic carbocycles. The van der Waals surface area contributed by atoms with Crippen molar-refractivity contribution in [1.29, 1.82) is 0 Å². The number of thiophene rings is 1. The van der Waals surface area contributed by atoms with Gasteiger partial charge in [-0.25, -0.2) is 14.8 Å². The normalized spacial score (nSPS) is 12.4. The highest BCUT2D eigenvalue weighted by atomic mass is 32.1. The van der Waals surface area contributed by atoms with Gasteiger partial charge in [0.2, 0.25) is 0 Å². The Morgan fingerprint density at radius 3 is 2.81 bits per heavy atom. The van der Waals surface area contributed by atoms with E-state index in [-0.39, 0.29) is 18.2 Å². The smallest absolute Gasteiger partial charge is 0.356 e. The van der Waals surface area contributed by atoms with Crippen LogP contribution in [-0.4, -0.2) is 32.7 Å². The standard InChI is InChI=1S/C14H17N3O3S/c1-8(2)13-16-5-10(12(17-13)14(19)20)15-6-11(18)9-3-4-21-7-9/h3-5,7-8,11,15,18H,6H2,1-2H3,(H,19,20). The lowest BCUT2D eigenvalue weighted by atomic mass is 10.2. The summed E-state index contributed by atoms with van der Waals surface area (Å²) in [7, 11) is 0. The van der Waals surface area contributed by atoms with Gasteiger partial charge in [0.05, 0.1) is 18.0 Å². The lowest BCUT2D eigenvalue weighted by molar-refractivity contribution is 0.0690. The zero-order chi connectivity index (χ0) is 15.4. The van der Waals surface area contributed by atoms with E-state index in [1.165, 1.54) is 17.5 Å². The fraction of sp³-hybridized carbons (Fsp3) is 0.357. The van der Waals surface area contributed by atoms with Crippen LogP contribution in [0.25, 0.3) is 0 Å². The first-order chi connectivity index (χ1) is 9.99. The first kappa shape index (κ1) is 15.4. The molecule has 112 valence electrons. The van der Waals surface area contributed by atoms with Crippen LogP contribution in [0, 0.1) is 0 Å². The number of hydrogen-bond acceptors (Lipinski definition) is 6. The van der Waals surface area contributed by atoms with E-state index < -0.39 is 12.1 Å². The van der Waals surface area contributed by atoms with E-state index >= 15 is 0 Å². The first-order valence-corrected chi connectivity index (χ1v) is 7.47. The van der Waals surface area contributed by atoms with Crippen molar-refractivity contribution in [3.63, 3.8) is 0 Å². The van der Waals surface area contributed by atoms with E-state index in [1.54, 1.807) is 0 Å². The molecule has 0 radical (unpaired) electrons. The minimum Gasteiger partial charge on any atom is -0.476 e. The highest BCUT2D eigenvalue weighted by Crippen LogP contribution is 2.20. The Morgan fingerprint density at radius 1 is 1.48 bits per heavy atom. The Labute approximate surface area is 126 Å². The fourth-order valence-electron chi connectivity index (χ4n) is 1.76. The largest absolute Gasteiger partial charge is 0.476 e. The SMILES string of the molecule is CC(C)c1ncc(NCC(O)c2ccsc2)c(C(=O)O)n1. The van der Waals surface area contributed by atoms with E-state index in [0.717, 1.165) is 5.56 Å². The number of nitrogens with one attached hydrogen (secondary N) is 1. The molecule has 0 saturated carbocycles. The number of aliphatic hydroxyl groups excluding tert-OH is 1. The number of carbonyl (C=O) groups is 1. The number of anilines is 1. The first-order valence-electron chi connectivity index (χ1n) is 6.53. The monoisotopic (exact) mass is 307 g/mol. The van der Waals surface area contributed by atoms with E-state index in [0.29, 0.717) is 11.5 Å². The zero-order valence-corrected chi connectivity index (χ0v) is 12.6. The van der Waals surface area contributed by atoms with Crippen LogP contribution in [0.3, 0.4) is 0 Å². The van der Waals surface area contributed by atoms with Crippen molar-refractivity contribution in [3.8, 4) is 0 Å². The number of carboxylic acid groups (broad SMARTS) is 1. The molecule has 0 aliphatic heterocycles. The Balaban J connectivity index is 2.14. The summed E-state index contributed by atoms with van der Waals surface area (Å²) in [5.41, 5.74) is 1.02. The molecule has 7 heteroatoms. The molecule has 3 N–H and O–H groups in total. The number of carboxylic acids is 1. The van der Waals surface area contributed by atoms with Gasteiger partial charge in [-0.15, -0.1) is 0 Å². The molecule has 1 atom stereocenters. The topological polar surface area (TPSA) is 95.3 Å². The van der Waals surface area contributed by atoms with Crippen LogP contribution in [0.4, 0.5) is 5.69 Å². The zero-order valence-electron chi connectivity index (χ0n) is 11.8. The number of nitrogens with zero attached hydrogens (tertiary/aromatic N) is 2. The summed E-state index contributed by atoms with van der Waals surface area (Å²) in [5, 5.41) is 25.9. The number of rotatable bonds is 6. The molecule has 1 unspecified atom stereocenters. The van der Waals surface area contributed by atoms with Crippen molar-refractivity contribution in [2.24, 2.45) is 0 Å². The van der Waals surface area contributed by atoms with Gasteiger partial charge >= 0.3 is 5.97 Å². The van der Waals surface area contributed by atoms with Gasteiger partial charge in [0.25, 0.3) is 0 Å². The van der Waals surface area contributed by atoms with Gasteiger partial charge < -0.3 is 15.5 Å². The summed E-state index contributed by atoms with van der Waals surface area (Å²) in [6.45, 7) is 3.99. The molecule has 0 amide bonds. The third kappa shape index (κ3) is 3.77. The predicted octanol–water partition coefficient (Wildman–Crippen LogP) is 2.51. The van der Waals surface area contributed by atoms with E-state index in [9.17, 15) is 15.0 Å². The van der Waals surface area contributed by atoms with Crippen LogP contribution in [-0.2, 0) is 0 Å². The molecule has 0 saturated heterocycles. The third-order valence-corrected chi connectivity index (χ3v) is 3.64. The quantitative estimate of drug-likeness (QED) is 0.759. The maximum absolute atomic E-state index is 11.3. The minimum atomic E-state index is -1.12. The number of aromatic nitrogens is 2. The Kier molecular flexibility index (Phi) is 4.87.